The topological polar surface area (TPSA) is 287 Å². The van der Waals surface area contributed by atoms with Gasteiger partial charge in [0.2, 0.25) is 0 Å². The number of nitrogens with one attached hydrogen (secondary N) is 1. The first-order chi connectivity index (χ1) is 33.7. The van der Waals surface area contributed by atoms with Gasteiger partial charge in [-0.3, -0.25) is 23.1 Å². The van der Waals surface area contributed by atoms with Crippen LogP contribution in [0.3, 0.4) is 0 Å². The van der Waals surface area contributed by atoms with Crippen molar-refractivity contribution in [1.29, 1.82) is 0 Å². The number of carbonyl (C=O) groups is 3. The zero-order chi connectivity index (χ0) is 52.5. The first-order valence-corrected chi connectivity index (χ1v) is 29.2. The summed E-state index contributed by atoms with van der Waals surface area (Å²) in [7, 11) is -11.1. The van der Waals surface area contributed by atoms with Crippen molar-refractivity contribution >= 4 is 52.8 Å². The summed E-state index contributed by atoms with van der Waals surface area (Å²) in [6.07, 6.45) is 9.17. The maximum Gasteiger partial charge on any atom is 0.346 e. The highest BCUT2D eigenvalue weighted by atomic mass is 32.2. The number of carboxylic acid groups (broad SMARTS) is 1. The smallest absolute Gasteiger partial charge is 0.346 e. The van der Waals surface area contributed by atoms with E-state index in [-0.39, 0.29) is 60.5 Å². The highest BCUT2D eigenvalue weighted by Gasteiger charge is 2.34. The van der Waals surface area contributed by atoms with Crippen LogP contribution in [-0.4, -0.2) is 191 Å². The second-order valence-corrected chi connectivity index (χ2v) is 24.2. The first kappa shape index (κ1) is 60.5. The molecule has 396 valence electrons. The number of carbonyl (C=O) groups excluding carboxylic acids is 2. The van der Waals surface area contributed by atoms with Gasteiger partial charge in [0.05, 0.1) is 36.2 Å². The number of ether oxygens (including phenoxy) is 2. The van der Waals surface area contributed by atoms with Crippen LogP contribution in [0.1, 0.15) is 27.7 Å². The van der Waals surface area contributed by atoms with Crippen molar-refractivity contribution in [3.63, 3.8) is 0 Å². The van der Waals surface area contributed by atoms with E-state index >= 15 is 0 Å². The summed E-state index contributed by atoms with van der Waals surface area (Å²) in [4.78, 5) is 47.7. The van der Waals surface area contributed by atoms with Crippen molar-refractivity contribution in [1.82, 2.24) is 39.1 Å². The summed E-state index contributed by atoms with van der Waals surface area (Å²) in [5, 5.41) is 11.8. The molecule has 4 heterocycles. The third-order valence-corrected chi connectivity index (χ3v) is 19.5. The highest BCUT2D eigenvalue weighted by molar-refractivity contribution is 7.98. The largest absolute Gasteiger partial charge is 0.484 e. The summed E-state index contributed by atoms with van der Waals surface area (Å²) in [6, 6.07) is 10.6. The Balaban J connectivity index is 0.000000278. The molecule has 0 atom stereocenters. The Labute approximate surface area is 415 Å². The highest BCUT2D eigenvalue weighted by Crippen LogP contribution is 2.51. The quantitative estimate of drug-likeness (QED) is 0.118. The molecule has 0 aliphatic carbocycles. The maximum atomic E-state index is 12.6. The Morgan fingerprint density at radius 2 is 0.986 bits per heavy atom. The Kier molecular flexibility index (Phi) is 25.8. The molecule has 6 rings (SSSR count). The number of piperazine rings is 2. The fourth-order valence-electron chi connectivity index (χ4n) is 6.15. The Morgan fingerprint density at radius 3 is 1.31 bits per heavy atom. The molecule has 2 saturated heterocycles. The van der Waals surface area contributed by atoms with E-state index in [4.69, 9.17) is 32.7 Å². The number of aromatic nitrogens is 4. The molecular weight excluding hydrogens is 1010 g/mol. The minimum atomic E-state index is -3.90. The normalized spacial score (nSPS) is 14.6. The van der Waals surface area contributed by atoms with Crippen LogP contribution in [-0.2, 0) is 56.5 Å². The molecule has 0 saturated carbocycles. The zero-order valence-electron chi connectivity index (χ0n) is 40.8. The van der Waals surface area contributed by atoms with E-state index in [2.05, 4.69) is 32.1 Å². The molecule has 0 spiro atoms. The predicted molar refractivity (Wildman–Crippen MR) is 262 cm³/mol. The SMILES string of the molecule is CCOP(=O)(CS(=O)(=O)c1ccc(OCC(=O)N2CCN(C)CC2)cc1)OCC.CCOP(=O)(CS(=O)(=O)c1ccc(OCC(=O)O)cc1)OCC.CN1CCNCC1.O=C(n1ccnc1)n1ccnc1. The molecule has 24 nitrogen and oxygen atoms in total. The van der Waals surface area contributed by atoms with Gasteiger partial charge in [0.15, 0.2) is 43.9 Å². The number of hydrogen-bond donors (Lipinski definition) is 2. The number of imidazole rings is 2. The number of likely N-dealkylation sites (N-methyl/N-ethyl adjacent to an activating group) is 2. The third kappa shape index (κ3) is 21.8. The van der Waals surface area contributed by atoms with Gasteiger partial charge in [-0.1, -0.05) is 0 Å². The molecule has 0 bridgehead atoms. The average Bonchev–Trinajstić information content (AvgIpc) is 4.08. The minimum absolute atomic E-state index is 0.0186. The lowest BCUT2D eigenvalue weighted by molar-refractivity contribution is -0.139. The number of hydrogen-bond acceptors (Lipinski definition) is 20. The van der Waals surface area contributed by atoms with Crippen molar-refractivity contribution in [2.45, 2.75) is 37.5 Å². The van der Waals surface area contributed by atoms with Crippen molar-refractivity contribution in [2.24, 2.45) is 0 Å². The van der Waals surface area contributed by atoms with Crippen molar-refractivity contribution in [3.8, 4) is 11.5 Å². The van der Waals surface area contributed by atoms with Crippen LogP contribution in [0, 0.1) is 0 Å². The maximum absolute atomic E-state index is 12.6. The molecular formula is C43H66N8O16P2S2. The van der Waals surface area contributed by atoms with Crippen LogP contribution < -0.4 is 14.8 Å². The van der Waals surface area contributed by atoms with E-state index in [0.717, 1.165) is 26.2 Å². The van der Waals surface area contributed by atoms with E-state index in [9.17, 15) is 40.3 Å². The van der Waals surface area contributed by atoms with E-state index < -0.39 is 58.4 Å². The Bertz CT molecular complexity index is 2470. The van der Waals surface area contributed by atoms with Gasteiger partial charge in [-0.05, 0) is 90.3 Å². The molecule has 0 radical (unpaired) electrons. The van der Waals surface area contributed by atoms with Crippen LogP contribution >= 0.6 is 15.2 Å². The third-order valence-electron chi connectivity index (χ3n) is 9.70. The molecule has 4 aromatic rings. The summed E-state index contributed by atoms with van der Waals surface area (Å²) in [5.41, 5.74) is -1.50. The van der Waals surface area contributed by atoms with Crippen LogP contribution in [0.25, 0.3) is 0 Å². The Hall–Kier alpha value is -4.85. The number of rotatable bonds is 20. The van der Waals surface area contributed by atoms with Crippen LogP contribution in [0.2, 0.25) is 0 Å². The van der Waals surface area contributed by atoms with Crippen molar-refractivity contribution in [2.75, 3.05) is 117 Å². The van der Waals surface area contributed by atoms with Gasteiger partial charge < -0.3 is 52.7 Å². The zero-order valence-corrected chi connectivity index (χ0v) is 44.2. The number of benzene rings is 2. The van der Waals surface area contributed by atoms with Gasteiger partial charge in [0.25, 0.3) is 5.91 Å². The second kappa shape index (κ2) is 30.2. The van der Waals surface area contributed by atoms with Crippen LogP contribution in [0.4, 0.5) is 4.79 Å². The summed E-state index contributed by atoms with van der Waals surface area (Å²) >= 11 is 0. The summed E-state index contributed by atoms with van der Waals surface area (Å²) < 4.78 is 108. The average molecular weight is 1080 g/mol. The molecule has 28 heteroatoms. The van der Waals surface area contributed by atoms with E-state index in [0.29, 0.717) is 18.8 Å². The van der Waals surface area contributed by atoms with Gasteiger partial charge in [-0.2, -0.15) is 0 Å². The van der Waals surface area contributed by atoms with Gasteiger partial charge in [0, 0.05) is 77.1 Å². The van der Waals surface area contributed by atoms with E-state index in [1.54, 1.807) is 57.4 Å². The second-order valence-electron chi connectivity index (χ2n) is 15.3. The number of carboxylic acids is 1. The number of sulfone groups is 2. The summed E-state index contributed by atoms with van der Waals surface area (Å²) in [5.74, 6) is -0.659. The fraction of sp³-hybridized carbons (Fsp3) is 0.512. The van der Waals surface area contributed by atoms with Crippen LogP contribution in [0.5, 0.6) is 11.5 Å². The summed E-state index contributed by atoms with van der Waals surface area (Å²) in [6.45, 7) is 13.8. The first-order valence-electron chi connectivity index (χ1n) is 22.4. The van der Waals surface area contributed by atoms with Gasteiger partial charge in [-0.15, -0.1) is 0 Å². The molecule has 2 aliphatic rings. The van der Waals surface area contributed by atoms with Crippen LogP contribution in [0.15, 0.2) is 95.8 Å². The predicted octanol–water partition coefficient (Wildman–Crippen LogP) is 4.10. The molecule has 2 N–H and O–H groups in total. The molecule has 2 aromatic carbocycles. The lowest BCUT2D eigenvalue weighted by Crippen LogP contribution is -2.48. The molecule has 2 aromatic heterocycles. The van der Waals surface area contributed by atoms with Crippen molar-refractivity contribution < 1.29 is 73.0 Å². The lowest BCUT2D eigenvalue weighted by atomic mass is 10.3. The van der Waals surface area contributed by atoms with E-state index in [1.807, 2.05) is 7.05 Å². The molecule has 0 unspecified atom stereocenters. The van der Waals surface area contributed by atoms with Crippen molar-refractivity contribution in [3.05, 3.63) is 86.0 Å². The number of nitrogens with zero attached hydrogens (tertiary/aromatic N) is 7. The number of amides is 1. The van der Waals surface area contributed by atoms with E-state index in [1.165, 1.54) is 83.4 Å². The molecule has 1 amide bonds. The standard InChI is InChI=1S/C18H29N2O7PS.C13H19O8PS.C7H6N4O.C5H12N2/c1-4-26-28(22,27-5-2)15-29(23,24)17-8-6-16(7-9-17)25-14-18(21)20-12-10-19(3)11-13-20;1-3-20-22(16,21-4-2)10-23(17,18)12-7-5-11(6-8-12)19-9-13(14)15;12-7(10-3-1-8-5-10)11-4-2-9-6-11;1-7-4-2-6-3-5-7/h6-9H,4-5,10-15H2,1-3H3;5-8H,3-4,9-10H2,1-2H3,(H,14,15);1-6H;6H,2-5H2,1H3. The fourth-order valence-corrected chi connectivity index (χ4v) is 14.7. The number of aliphatic carboxylic acids is 1. The van der Waals surface area contributed by atoms with Gasteiger partial charge >= 0.3 is 27.2 Å². The van der Waals surface area contributed by atoms with Gasteiger partial charge in [0.1, 0.15) is 24.2 Å². The van der Waals surface area contributed by atoms with Gasteiger partial charge in [-0.25, -0.2) is 36.4 Å². The molecule has 71 heavy (non-hydrogen) atoms. The minimum Gasteiger partial charge on any atom is -0.484 e. The Morgan fingerprint density at radius 1 is 0.606 bits per heavy atom. The monoisotopic (exact) mass is 1080 g/mol. The lowest BCUT2D eigenvalue weighted by Gasteiger charge is -2.32. The molecule has 2 aliphatic heterocycles. The molecule has 2 fully saturated rings.